The average Bonchev–Trinajstić information content (AvgIpc) is 3.01. The molecule has 1 aliphatic heterocycles. The van der Waals surface area contributed by atoms with Crippen LogP contribution in [0.25, 0.3) is 0 Å². The second kappa shape index (κ2) is 5.79. The molecule has 3 rings (SSSR count). The normalized spacial score (nSPS) is 22.2. The molecule has 0 amide bonds. The molecule has 0 unspecified atom stereocenters. The fraction of sp³-hybridized carbons (Fsp3) is 0.357. The first-order valence-corrected chi connectivity index (χ1v) is 7.61. The molecule has 6 nitrogen and oxygen atoms in total. The molecule has 21 heavy (non-hydrogen) atoms. The second-order valence-electron chi connectivity index (χ2n) is 5.00. The van der Waals surface area contributed by atoms with Crippen molar-refractivity contribution in [2.45, 2.75) is 19.1 Å². The second-order valence-corrected chi connectivity index (χ2v) is 5.78. The third-order valence-electron chi connectivity index (χ3n) is 3.44. The van der Waals surface area contributed by atoms with E-state index in [2.05, 4.69) is 4.98 Å². The number of hydrogen-bond donors (Lipinski definition) is 0. The van der Waals surface area contributed by atoms with Crippen LogP contribution in [0.15, 0.2) is 35.2 Å². The fourth-order valence-corrected chi connectivity index (χ4v) is 3.24. The summed E-state index contributed by atoms with van der Waals surface area (Å²) in [6.45, 7) is 3.14. The van der Waals surface area contributed by atoms with Crippen molar-refractivity contribution in [1.29, 1.82) is 0 Å². The Balaban J connectivity index is 1.90. The molecule has 1 aliphatic rings. The minimum Gasteiger partial charge on any atom is -0.367 e. The SMILES string of the molecule is C[C@@H]1CN(c2ncccc2[N+](=O)[O-])C[C@H](c2ccsc2)O1. The molecule has 0 N–H and O–H groups in total. The molecule has 1 saturated heterocycles. The van der Waals surface area contributed by atoms with Crippen LogP contribution in [0, 0.1) is 10.1 Å². The van der Waals surface area contributed by atoms with Gasteiger partial charge in [0.25, 0.3) is 0 Å². The molecule has 7 heteroatoms. The number of anilines is 1. The summed E-state index contributed by atoms with van der Waals surface area (Å²) in [7, 11) is 0. The van der Waals surface area contributed by atoms with E-state index in [0.717, 1.165) is 5.56 Å². The maximum Gasteiger partial charge on any atom is 0.311 e. The van der Waals surface area contributed by atoms with Crippen LogP contribution in [0.5, 0.6) is 0 Å². The maximum absolute atomic E-state index is 11.2. The number of nitrogens with zero attached hydrogens (tertiary/aromatic N) is 3. The topological polar surface area (TPSA) is 68.5 Å². The van der Waals surface area contributed by atoms with Gasteiger partial charge < -0.3 is 9.64 Å². The zero-order chi connectivity index (χ0) is 14.8. The third kappa shape index (κ3) is 2.88. The Hall–Kier alpha value is -1.99. The smallest absolute Gasteiger partial charge is 0.311 e. The van der Waals surface area contributed by atoms with Crippen LogP contribution in [-0.2, 0) is 4.74 Å². The number of pyridine rings is 1. The van der Waals surface area contributed by atoms with Gasteiger partial charge in [0.2, 0.25) is 5.82 Å². The summed E-state index contributed by atoms with van der Waals surface area (Å²) >= 11 is 1.62. The highest BCUT2D eigenvalue weighted by Gasteiger charge is 2.31. The lowest BCUT2D eigenvalue weighted by Gasteiger charge is -2.37. The Kier molecular flexibility index (Phi) is 3.85. The number of ether oxygens (including phenoxy) is 1. The molecule has 0 bridgehead atoms. The third-order valence-corrected chi connectivity index (χ3v) is 4.14. The highest BCUT2D eigenvalue weighted by atomic mass is 32.1. The molecule has 3 heterocycles. The molecule has 0 aromatic carbocycles. The first kappa shape index (κ1) is 14.0. The van der Waals surface area contributed by atoms with E-state index in [1.54, 1.807) is 23.6 Å². The summed E-state index contributed by atoms with van der Waals surface area (Å²) in [6, 6.07) is 5.10. The number of thiophene rings is 1. The van der Waals surface area contributed by atoms with Crippen LogP contribution in [0.1, 0.15) is 18.6 Å². The van der Waals surface area contributed by atoms with Crippen molar-refractivity contribution in [3.05, 3.63) is 50.8 Å². The van der Waals surface area contributed by atoms with Crippen molar-refractivity contribution in [3.8, 4) is 0 Å². The van der Waals surface area contributed by atoms with Gasteiger partial charge in [-0.3, -0.25) is 10.1 Å². The standard InChI is InChI=1S/C14H15N3O3S/c1-10-7-16(8-13(20-10)11-4-6-21-9-11)14-12(17(18)19)3-2-5-15-14/h2-6,9-10,13H,7-8H2,1H3/t10-,13-/m1/s1. The largest absolute Gasteiger partial charge is 0.367 e. The summed E-state index contributed by atoms with van der Waals surface area (Å²) in [5.74, 6) is 0.415. The predicted molar refractivity (Wildman–Crippen MR) is 80.7 cm³/mol. The summed E-state index contributed by atoms with van der Waals surface area (Å²) in [5.41, 5.74) is 1.14. The molecule has 0 aliphatic carbocycles. The molecule has 0 spiro atoms. The maximum atomic E-state index is 11.2. The van der Waals surface area contributed by atoms with Gasteiger partial charge in [0, 0.05) is 18.8 Å². The first-order valence-electron chi connectivity index (χ1n) is 6.67. The number of aromatic nitrogens is 1. The molecule has 1 fully saturated rings. The molecule has 110 valence electrons. The summed E-state index contributed by atoms with van der Waals surface area (Å²) < 4.78 is 5.95. The van der Waals surface area contributed by atoms with E-state index < -0.39 is 0 Å². The van der Waals surface area contributed by atoms with Gasteiger partial charge in [0.1, 0.15) is 6.10 Å². The van der Waals surface area contributed by atoms with Crippen LogP contribution >= 0.6 is 11.3 Å². The van der Waals surface area contributed by atoms with E-state index in [1.165, 1.54) is 6.07 Å². The van der Waals surface area contributed by atoms with E-state index in [-0.39, 0.29) is 22.8 Å². The van der Waals surface area contributed by atoms with Crippen LogP contribution in [0.2, 0.25) is 0 Å². The zero-order valence-corrected chi connectivity index (χ0v) is 12.3. The van der Waals surface area contributed by atoms with E-state index in [9.17, 15) is 10.1 Å². The fourth-order valence-electron chi connectivity index (χ4n) is 2.54. The van der Waals surface area contributed by atoms with Crippen molar-refractivity contribution in [3.63, 3.8) is 0 Å². The Labute approximate surface area is 126 Å². The monoisotopic (exact) mass is 305 g/mol. The van der Waals surface area contributed by atoms with Gasteiger partial charge in [-0.2, -0.15) is 11.3 Å². The lowest BCUT2D eigenvalue weighted by atomic mass is 10.1. The minimum atomic E-state index is -0.387. The van der Waals surface area contributed by atoms with Gasteiger partial charge in [-0.15, -0.1) is 0 Å². The van der Waals surface area contributed by atoms with Gasteiger partial charge in [0.05, 0.1) is 17.6 Å². The predicted octanol–water partition coefficient (Wildman–Crippen LogP) is 3.02. The molecular weight excluding hydrogens is 290 g/mol. The Morgan fingerprint density at radius 2 is 2.33 bits per heavy atom. The lowest BCUT2D eigenvalue weighted by Crippen LogP contribution is -2.43. The Bertz CT molecular complexity index is 632. The number of hydrogen-bond acceptors (Lipinski definition) is 6. The van der Waals surface area contributed by atoms with Crippen molar-refractivity contribution in [2.24, 2.45) is 0 Å². The van der Waals surface area contributed by atoms with E-state index >= 15 is 0 Å². The summed E-state index contributed by atoms with van der Waals surface area (Å²) in [6.07, 6.45) is 1.49. The highest BCUT2D eigenvalue weighted by Crippen LogP contribution is 2.32. The van der Waals surface area contributed by atoms with Crippen LogP contribution in [0.4, 0.5) is 11.5 Å². The minimum absolute atomic E-state index is 0.00902. The number of nitro groups is 1. The van der Waals surface area contributed by atoms with Gasteiger partial charge >= 0.3 is 5.69 Å². The van der Waals surface area contributed by atoms with Crippen molar-refractivity contribution in [2.75, 3.05) is 18.0 Å². The summed E-state index contributed by atoms with van der Waals surface area (Å²) in [4.78, 5) is 16.9. The first-order chi connectivity index (χ1) is 10.1. The average molecular weight is 305 g/mol. The lowest BCUT2D eigenvalue weighted by molar-refractivity contribution is -0.384. The van der Waals surface area contributed by atoms with E-state index in [1.807, 2.05) is 28.7 Å². The van der Waals surface area contributed by atoms with Crippen molar-refractivity contribution < 1.29 is 9.66 Å². The summed E-state index contributed by atoms with van der Waals surface area (Å²) in [5, 5.41) is 15.2. The van der Waals surface area contributed by atoms with Crippen LogP contribution in [-0.4, -0.2) is 29.1 Å². The van der Waals surface area contributed by atoms with Crippen LogP contribution in [0.3, 0.4) is 0 Å². The van der Waals surface area contributed by atoms with E-state index in [0.29, 0.717) is 18.9 Å². The Morgan fingerprint density at radius 1 is 1.48 bits per heavy atom. The molecule has 0 radical (unpaired) electrons. The van der Waals surface area contributed by atoms with Gasteiger partial charge in [-0.1, -0.05) is 0 Å². The van der Waals surface area contributed by atoms with Crippen molar-refractivity contribution >= 4 is 22.8 Å². The molecule has 0 saturated carbocycles. The van der Waals surface area contributed by atoms with Gasteiger partial charge in [0.15, 0.2) is 0 Å². The van der Waals surface area contributed by atoms with E-state index in [4.69, 9.17) is 4.74 Å². The van der Waals surface area contributed by atoms with Crippen LogP contribution < -0.4 is 4.90 Å². The highest BCUT2D eigenvalue weighted by molar-refractivity contribution is 7.07. The molecule has 2 atom stereocenters. The number of morpholine rings is 1. The van der Waals surface area contributed by atoms with Gasteiger partial charge in [-0.25, -0.2) is 4.98 Å². The molecule has 2 aromatic heterocycles. The zero-order valence-electron chi connectivity index (χ0n) is 11.5. The quantitative estimate of drug-likeness (QED) is 0.644. The van der Waals surface area contributed by atoms with Gasteiger partial charge in [-0.05, 0) is 35.4 Å². The Morgan fingerprint density at radius 3 is 3.05 bits per heavy atom. The molecular formula is C14H15N3O3S. The molecule has 2 aromatic rings. The number of rotatable bonds is 3. The van der Waals surface area contributed by atoms with Crippen molar-refractivity contribution in [1.82, 2.24) is 4.98 Å².